The van der Waals surface area contributed by atoms with Crippen LogP contribution >= 0.6 is 11.8 Å². The first-order valence-electron chi connectivity index (χ1n) is 6.89. The zero-order valence-corrected chi connectivity index (χ0v) is 12.9. The number of hydrazine groups is 1. The van der Waals surface area contributed by atoms with Gasteiger partial charge < -0.3 is 0 Å². The van der Waals surface area contributed by atoms with Crippen molar-refractivity contribution >= 4 is 11.8 Å². The van der Waals surface area contributed by atoms with E-state index in [0.717, 1.165) is 12.2 Å². The molecule has 1 unspecified atom stereocenters. The summed E-state index contributed by atoms with van der Waals surface area (Å²) in [4.78, 5) is 1.29. The SMILES string of the molecule is Cc1ccc(CC(CSc2ccccc2)NN)cc1C. The van der Waals surface area contributed by atoms with Gasteiger partial charge in [-0.2, -0.15) is 0 Å². The normalized spacial score (nSPS) is 12.3. The Morgan fingerprint density at radius 3 is 2.45 bits per heavy atom. The highest BCUT2D eigenvalue weighted by atomic mass is 32.2. The molecule has 0 aliphatic rings. The Morgan fingerprint density at radius 2 is 1.80 bits per heavy atom. The zero-order valence-electron chi connectivity index (χ0n) is 12.1. The number of benzene rings is 2. The summed E-state index contributed by atoms with van der Waals surface area (Å²) < 4.78 is 0. The number of nitrogens with two attached hydrogens (primary N) is 1. The number of thioether (sulfide) groups is 1. The molecule has 106 valence electrons. The lowest BCUT2D eigenvalue weighted by Crippen LogP contribution is -2.38. The fourth-order valence-corrected chi connectivity index (χ4v) is 3.05. The molecule has 1 atom stereocenters. The van der Waals surface area contributed by atoms with Crippen molar-refractivity contribution < 1.29 is 0 Å². The summed E-state index contributed by atoms with van der Waals surface area (Å²) in [7, 11) is 0. The summed E-state index contributed by atoms with van der Waals surface area (Å²) in [5.74, 6) is 6.66. The van der Waals surface area contributed by atoms with Crippen molar-refractivity contribution in [3.8, 4) is 0 Å². The van der Waals surface area contributed by atoms with E-state index in [1.807, 2.05) is 17.8 Å². The average molecular weight is 286 g/mol. The van der Waals surface area contributed by atoms with E-state index in [2.05, 4.69) is 61.7 Å². The molecule has 20 heavy (non-hydrogen) atoms. The van der Waals surface area contributed by atoms with Crippen LogP contribution in [-0.4, -0.2) is 11.8 Å². The number of hydrogen-bond acceptors (Lipinski definition) is 3. The molecule has 0 aliphatic carbocycles. The van der Waals surface area contributed by atoms with Gasteiger partial charge in [0.25, 0.3) is 0 Å². The first-order valence-corrected chi connectivity index (χ1v) is 7.87. The van der Waals surface area contributed by atoms with Crippen molar-refractivity contribution in [2.45, 2.75) is 31.2 Å². The molecule has 3 heteroatoms. The van der Waals surface area contributed by atoms with Crippen LogP contribution in [-0.2, 0) is 6.42 Å². The van der Waals surface area contributed by atoms with Gasteiger partial charge in [-0.3, -0.25) is 11.3 Å². The first-order chi connectivity index (χ1) is 9.69. The lowest BCUT2D eigenvalue weighted by Gasteiger charge is -2.16. The molecule has 0 amide bonds. The molecule has 0 aliphatic heterocycles. The molecule has 0 spiro atoms. The molecule has 0 saturated heterocycles. The van der Waals surface area contributed by atoms with Crippen LogP contribution in [0, 0.1) is 13.8 Å². The average Bonchev–Trinajstić information content (AvgIpc) is 2.48. The van der Waals surface area contributed by atoms with E-state index < -0.39 is 0 Å². The highest BCUT2D eigenvalue weighted by Gasteiger charge is 2.09. The van der Waals surface area contributed by atoms with Crippen LogP contribution in [0.5, 0.6) is 0 Å². The maximum Gasteiger partial charge on any atom is 0.0344 e. The lowest BCUT2D eigenvalue weighted by molar-refractivity contribution is 0.575. The Hall–Kier alpha value is -1.29. The molecule has 2 nitrogen and oxygen atoms in total. The molecule has 3 N–H and O–H groups in total. The molecular weight excluding hydrogens is 264 g/mol. The summed E-state index contributed by atoms with van der Waals surface area (Å²) >= 11 is 1.84. The topological polar surface area (TPSA) is 38.0 Å². The maximum atomic E-state index is 5.69. The van der Waals surface area contributed by atoms with Crippen LogP contribution in [0.15, 0.2) is 53.4 Å². The maximum absolute atomic E-state index is 5.69. The van der Waals surface area contributed by atoms with E-state index in [4.69, 9.17) is 5.84 Å². The third-order valence-corrected chi connectivity index (χ3v) is 4.66. The van der Waals surface area contributed by atoms with E-state index in [1.54, 1.807) is 0 Å². The Balaban J connectivity index is 1.93. The van der Waals surface area contributed by atoms with E-state index in [-0.39, 0.29) is 6.04 Å². The molecule has 0 heterocycles. The van der Waals surface area contributed by atoms with Crippen LogP contribution in [0.1, 0.15) is 16.7 Å². The van der Waals surface area contributed by atoms with Crippen molar-refractivity contribution in [3.63, 3.8) is 0 Å². The van der Waals surface area contributed by atoms with Gasteiger partial charge in [-0.05, 0) is 49.1 Å². The summed E-state index contributed by atoms with van der Waals surface area (Å²) in [6.07, 6.45) is 0.956. The van der Waals surface area contributed by atoms with Gasteiger partial charge in [0, 0.05) is 16.7 Å². The van der Waals surface area contributed by atoms with Gasteiger partial charge in [0.15, 0.2) is 0 Å². The van der Waals surface area contributed by atoms with Gasteiger partial charge in [-0.15, -0.1) is 11.8 Å². The molecule has 0 radical (unpaired) electrons. The highest BCUT2D eigenvalue weighted by Crippen LogP contribution is 2.19. The Morgan fingerprint density at radius 1 is 1.05 bits per heavy atom. The van der Waals surface area contributed by atoms with Crippen molar-refractivity contribution in [2.24, 2.45) is 5.84 Å². The van der Waals surface area contributed by atoms with Crippen LogP contribution in [0.2, 0.25) is 0 Å². The predicted molar refractivity (Wildman–Crippen MR) is 87.9 cm³/mol. The molecule has 0 saturated carbocycles. The molecule has 2 aromatic rings. The summed E-state index contributed by atoms with van der Waals surface area (Å²) in [6, 6.07) is 17.4. The van der Waals surface area contributed by atoms with Gasteiger partial charge in [-0.25, -0.2) is 0 Å². The minimum atomic E-state index is 0.280. The van der Waals surface area contributed by atoms with Crippen LogP contribution in [0.25, 0.3) is 0 Å². The lowest BCUT2D eigenvalue weighted by atomic mass is 10.0. The van der Waals surface area contributed by atoms with E-state index >= 15 is 0 Å². The third kappa shape index (κ3) is 4.37. The smallest absolute Gasteiger partial charge is 0.0344 e. The Bertz CT molecular complexity index is 540. The first kappa shape index (κ1) is 15.1. The van der Waals surface area contributed by atoms with E-state index in [9.17, 15) is 0 Å². The summed E-state index contributed by atoms with van der Waals surface area (Å²) in [6.45, 7) is 4.30. The van der Waals surface area contributed by atoms with Gasteiger partial charge in [0.2, 0.25) is 0 Å². The highest BCUT2D eigenvalue weighted by molar-refractivity contribution is 7.99. The molecular formula is C17H22N2S. The molecule has 2 rings (SSSR count). The zero-order chi connectivity index (χ0) is 14.4. The van der Waals surface area contributed by atoms with Crippen LogP contribution in [0.3, 0.4) is 0 Å². The molecule has 2 aromatic carbocycles. The van der Waals surface area contributed by atoms with Gasteiger partial charge >= 0.3 is 0 Å². The number of aryl methyl sites for hydroxylation is 2. The van der Waals surface area contributed by atoms with Gasteiger partial charge in [-0.1, -0.05) is 36.4 Å². The number of rotatable bonds is 6. The fourth-order valence-electron chi connectivity index (χ4n) is 2.09. The predicted octanol–water partition coefficient (Wildman–Crippen LogP) is 3.47. The van der Waals surface area contributed by atoms with Crippen molar-refractivity contribution in [1.29, 1.82) is 0 Å². The van der Waals surface area contributed by atoms with Gasteiger partial charge in [0.1, 0.15) is 0 Å². The van der Waals surface area contributed by atoms with Crippen LogP contribution < -0.4 is 11.3 Å². The Kier molecular flexibility index (Phi) is 5.65. The monoisotopic (exact) mass is 286 g/mol. The van der Waals surface area contributed by atoms with Crippen molar-refractivity contribution in [1.82, 2.24) is 5.43 Å². The van der Waals surface area contributed by atoms with E-state index in [0.29, 0.717) is 0 Å². The second-order valence-corrected chi connectivity index (χ2v) is 6.20. The summed E-state index contributed by atoms with van der Waals surface area (Å²) in [5, 5.41) is 0. The fraction of sp³-hybridized carbons (Fsp3) is 0.294. The quantitative estimate of drug-likeness (QED) is 0.485. The standard InChI is InChI=1S/C17H22N2S/c1-13-8-9-15(10-14(13)2)11-16(19-18)12-20-17-6-4-3-5-7-17/h3-10,16,19H,11-12,18H2,1-2H3. The number of nitrogens with one attached hydrogen (secondary N) is 1. The minimum absolute atomic E-state index is 0.280. The Labute approximate surface area is 125 Å². The molecule has 0 fully saturated rings. The largest absolute Gasteiger partial charge is 0.271 e. The van der Waals surface area contributed by atoms with Crippen molar-refractivity contribution in [2.75, 3.05) is 5.75 Å². The second-order valence-electron chi connectivity index (χ2n) is 5.11. The molecule has 0 aromatic heterocycles. The second kappa shape index (κ2) is 7.48. The third-order valence-electron chi connectivity index (χ3n) is 3.48. The minimum Gasteiger partial charge on any atom is -0.271 e. The van der Waals surface area contributed by atoms with Crippen molar-refractivity contribution in [3.05, 3.63) is 65.2 Å². The summed E-state index contributed by atoms with van der Waals surface area (Å²) in [5.41, 5.74) is 6.95. The van der Waals surface area contributed by atoms with E-state index in [1.165, 1.54) is 21.6 Å². The molecule has 0 bridgehead atoms. The number of hydrogen-bond donors (Lipinski definition) is 2. The van der Waals surface area contributed by atoms with Crippen LogP contribution in [0.4, 0.5) is 0 Å². The van der Waals surface area contributed by atoms with Gasteiger partial charge in [0.05, 0.1) is 0 Å².